The van der Waals surface area contributed by atoms with Crippen LogP contribution in [0, 0.1) is 0 Å². The zero-order chi connectivity index (χ0) is 15.3. The summed E-state index contributed by atoms with van der Waals surface area (Å²) in [5, 5.41) is -0.414. The van der Waals surface area contributed by atoms with Gasteiger partial charge >= 0.3 is 0 Å². The molecule has 1 N–H and O–H groups in total. The van der Waals surface area contributed by atoms with Crippen molar-refractivity contribution < 1.29 is 13.2 Å². The van der Waals surface area contributed by atoms with Crippen LogP contribution in [-0.4, -0.2) is 26.4 Å². The summed E-state index contributed by atoms with van der Waals surface area (Å²) in [5.41, 5.74) is 4.06. The molecule has 0 saturated carbocycles. The lowest BCUT2D eigenvalue weighted by Gasteiger charge is -2.20. The highest BCUT2D eigenvalue weighted by Crippen LogP contribution is 2.47. The molecule has 0 bridgehead atoms. The molecule has 120 valence electrons. The van der Waals surface area contributed by atoms with Crippen molar-refractivity contribution in [3.05, 3.63) is 34.9 Å². The van der Waals surface area contributed by atoms with Crippen LogP contribution in [0.25, 0.3) is 0 Å². The maximum absolute atomic E-state index is 12.7. The van der Waals surface area contributed by atoms with Gasteiger partial charge in [-0.25, -0.2) is 13.1 Å². The summed E-state index contributed by atoms with van der Waals surface area (Å²) in [7, 11) is -3.33. The van der Waals surface area contributed by atoms with Gasteiger partial charge in [0.15, 0.2) is 0 Å². The lowest BCUT2D eigenvalue weighted by Crippen LogP contribution is -2.39. The predicted molar refractivity (Wildman–Crippen MR) is 85.4 cm³/mol. The molecule has 5 heteroatoms. The highest BCUT2D eigenvalue weighted by molar-refractivity contribution is 7.90. The van der Waals surface area contributed by atoms with E-state index in [1.54, 1.807) is 0 Å². The van der Waals surface area contributed by atoms with Crippen molar-refractivity contribution in [3.63, 3.8) is 0 Å². The van der Waals surface area contributed by atoms with Crippen LogP contribution in [-0.2, 0) is 21.2 Å². The second kappa shape index (κ2) is 5.32. The van der Waals surface area contributed by atoms with Gasteiger partial charge in [-0.3, -0.25) is 0 Å². The summed E-state index contributed by atoms with van der Waals surface area (Å²) < 4.78 is 33.9. The minimum Gasteiger partial charge on any atom is -0.377 e. The minimum absolute atomic E-state index is 0.0594. The molecule has 22 heavy (non-hydrogen) atoms. The van der Waals surface area contributed by atoms with E-state index in [1.807, 2.05) is 6.92 Å². The first-order chi connectivity index (χ1) is 10.6. The average Bonchev–Trinajstić information content (AvgIpc) is 3.06. The predicted octanol–water partition coefficient (Wildman–Crippen LogP) is 2.65. The quantitative estimate of drug-likeness (QED) is 0.931. The van der Waals surface area contributed by atoms with Gasteiger partial charge < -0.3 is 4.74 Å². The molecular weight excluding hydrogens is 298 g/mol. The molecule has 2 aliphatic carbocycles. The molecule has 0 amide bonds. The fourth-order valence-corrected chi connectivity index (χ4v) is 6.28. The molecule has 4 rings (SSSR count). The highest BCUT2D eigenvalue weighted by Gasteiger charge is 2.41. The number of rotatable bonds is 3. The van der Waals surface area contributed by atoms with E-state index < -0.39 is 15.3 Å². The van der Waals surface area contributed by atoms with Crippen LogP contribution in [0.2, 0.25) is 0 Å². The average molecular weight is 321 g/mol. The SMILES string of the molecule is C[C@@H]1OCC[C@@H]1S(=O)(=O)N[C@H]1C[C@@H]2CCCc3cccc1c32. The van der Waals surface area contributed by atoms with Gasteiger partial charge in [-0.2, -0.15) is 0 Å². The third-order valence-electron chi connectivity index (χ3n) is 5.54. The van der Waals surface area contributed by atoms with E-state index in [0.29, 0.717) is 18.9 Å². The van der Waals surface area contributed by atoms with E-state index in [9.17, 15) is 8.42 Å². The van der Waals surface area contributed by atoms with Crippen LogP contribution >= 0.6 is 0 Å². The van der Waals surface area contributed by atoms with Gasteiger partial charge in [-0.15, -0.1) is 0 Å². The van der Waals surface area contributed by atoms with Crippen molar-refractivity contribution in [2.24, 2.45) is 0 Å². The number of nitrogens with one attached hydrogen (secondary N) is 1. The molecule has 0 aromatic heterocycles. The number of sulfonamides is 1. The Labute approximate surface area is 132 Å². The van der Waals surface area contributed by atoms with Crippen LogP contribution in [0.4, 0.5) is 0 Å². The Kier molecular flexibility index (Phi) is 3.55. The maximum Gasteiger partial charge on any atom is 0.217 e. The zero-order valence-corrected chi connectivity index (χ0v) is 13.7. The fraction of sp³-hybridized carbons (Fsp3) is 0.647. The Hall–Kier alpha value is -0.910. The van der Waals surface area contributed by atoms with Crippen molar-refractivity contribution in [1.82, 2.24) is 4.72 Å². The topological polar surface area (TPSA) is 55.4 Å². The smallest absolute Gasteiger partial charge is 0.217 e. The van der Waals surface area contributed by atoms with Crippen molar-refractivity contribution in [1.29, 1.82) is 0 Å². The molecule has 1 saturated heterocycles. The van der Waals surface area contributed by atoms with Crippen molar-refractivity contribution in [2.75, 3.05) is 6.61 Å². The van der Waals surface area contributed by atoms with Gasteiger partial charge in [0.05, 0.1) is 6.10 Å². The fourth-order valence-electron chi connectivity index (χ4n) is 4.50. The molecule has 1 heterocycles. The number of aryl methyl sites for hydroxylation is 1. The number of hydrogen-bond donors (Lipinski definition) is 1. The van der Waals surface area contributed by atoms with Gasteiger partial charge in [0.2, 0.25) is 10.0 Å². The molecular formula is C17H23NO3S. The summed E-state index contributed by atoms with van der Waals surface area (Å²) in [6.07, 6.45) is 4.83. The summed E-state index contributed by atoms with van der Waals surface area (Å²) in [5.74, 6) is 0.532. The Morgan fingerprint density at radius 2 is 2.14 bits per heavy atom. The summed E-state index contributed by atoms with van der Waals surface area (Å²) >= 11 is 0. The highest BCUT2D eigenvalue weighted by atomic mass is 32.2. The second-order valence-corrected chi connectivity index (χ2v) is 8.79. The van der Waals surface area contributed by atoms with E-state index in [1.165, 1.54) is 29.5 Å². The molecule has 4 nitrogen and oxygen atoms in total. The standard InChI is InChI=1S/C17H23NO3S/c1-11-16(8-9-21-11)22(19,20)18-15-10-13-6-2-4-12-5-3-7-14(15)17(12)13/h3,5,7,11,13,15-16,18H,2,4,6,8-10H2,1H3/t11-,13-,15-,16-/m0/s1. The minimum atomic E-state index is -3.33. The Bertz CT molecular complexity index is 685. The summed E-state index contributed by atoms with van der Waals surface area (Å²) in [6, 6.07) is 6.32. The van der Waals surface area contributed by atoms with Crippen LogP contribution < -0.4 is 4.72 Å². The first-order valence-electron chi connectivity index (χ1n) is 8.30. The lowest BCUT2D eigenvalue weighted by molar-refractivity contribution is 0.126. The van der Waals surface area contributed by atoms with Crippen molar-refractivity contribution >= 4 is 10.0 Å². The molecule has 1 fully saturated rings. The molecule has 0 spiro atoms. The van der Waals surface area contributed by atoms with Crippen LogP contribution in [0.3, 0.4) is 0 Å². The van der Waals surface area contributed by atoms with Crippen LogP contribution in [0.15, 0.2) is 18.2 Å². The molecule has 1 aromatic carbocycles. The first kappa shape index (κ1) is 14.7. The molecule has 0 radical (unpaired) electrons. The van der Waals surface area contributed by atoms with Crippen LogP contribution in [0.5, 0.6) is 0 Å². The normalized spacial score (nSPS) is 33.9. The largest absolute Gasteiger partial charge is 0.377 e. The summed E-state index contributed by atoms with van der Waals surface area (Å²) in [6.45, 7) is 2.40. The molecule has 4 atom stereocenters. The Morgan fingerprint density at radius 1 is 1.27 bits per heavy atom. The third-order valence-corrected chi connectivity index (χ3v) is 7.57. The van der Waals surface area contributed by atoms with Gasteiger partial charge in [0, 0.05) is 12.6 Å². The van der Waals surface area contributed by atoms with E-state index in [4.69, 9.17) is 4.74 Å². The van der Waals surface area contributed by atoms with Gasteiger partial charge in [0.1, 0.15) is 5.25 Å². The number of benzene rings is 1. The van der Waals surface area contributed by atoms with Crippen LogP contribution in [0.1, 0.15) is 61.3 Å². The first-order valence-corrected chi connectivity index (χ1v) is 9.85. The van der Waals surface area contributed by atoms with Crippen molar-refractivity contribution in [3.8, 4) is 0 Å². The molecule has 1 aliphatic heterocycles. The van der Waals surface area contributed by atoms with E-state index >= 15 is 0 Å². The Morgan fingerprint density at radius 3 is 2.91 bits per heavy atom. The van der Waals surface area contributed by atoms with Gasteiger partial charge in [-0.05, 0) is 61.6 Å². The van der Waals surface area contributed by atoms with E-state index in [-0.39, 0.29) is 12.1 Å². The number of ether oxygens (including phenoxy) is 1. The van der Waals surface area contributed by atoms with E-state index in [0.717, 1.165) is 12.8 Å². The Balaban J connectivity index is 1.62. The molecule has 3 aliphatic rings. The number of hydrogen-bond acceptors (Lipinski definition) is 3. The van der Waals surface area contributed by atoms with Gasteiger partial charge in [-0.1, -0.05) is 18.2 Å². The molecule has 1 aromatic rings. The summed E-state index contributed by atoms with van der Waals surface area (Å²) in [4.78, 5) is 0. The van der Waals surface area contributed by atoms with Crippen molar-refractivity contribution in [2.45, 2.75) is 62.3 Å². The maximum atomic E-state index is 12.7. The molecule has 0 unspecified atom stereocenters. The van der Waals surface area contributed by atoms with Gasteiger partial charge in [0.25, 0.3) is 0 Å². The van der Waals surface area contributed by atoms with E-state index in [2.05, 4.69) is 22.9 Å². The second-order valence-electron chi connectivity index (χ2n) is 6.86. The monoisotopic (exact) mass is 321 g/mol. The lowest BCUT2D eigenvalue weighted by atomic mass is 9.84. The zero-order valence-electron chi connectivity index (χ0n) is 12.9. The third kappa shape index (κ3) is 2.30.